The second-order valence-corrected chi connectivity index (χ2v) is 5.27. The summed E-state index contributed by atoms with van der Waals surface area (Å²) in [5, 5.41) is 2.48. The molecule has 6 heteroatoms. The number of hydrogen-bond donors (Lipinski definition) is 1. The lowest BCUT2D eigenvalue weighted by molar-refractivity contribution is 0.102. The van der Waals surface area contributed by atoms with Gasteiger partial charge in [-0.15, -0.1) is 0 Å². The van der Waals surface area contributed by atoms with Crippen LogP contribution in [0.3, 0.4) is 0 Å². The van der Waals surface area contributed by atoms with Crippen LogP contribution in [0.25, 0.3) is 5.65 Å². The zero-order valence-electron chi connectivity index (χ0n) is 12.7. The summed E-state index contributed by atoms with van der Waals surface area (Å²) in [5.41, 5.74) is 2.53. The lowest BCUT2D eigenvalue weighted by Gasteiger charge is -2.08. The van der Waals surface area contributed by atoms with Crippen molar-refractivity contribution in [2.24, 2.45) is 0 Å². The molecule has 0 unspecified atom stereocenters. The Morgan fingerprint density at radius 3 is 2.74 bits per heavy atom. The van der Waals surface area contributed by atoms with Crippen molar-refractivity contribution in [3.05, 3.63) is 65.1 Å². The highest BCUT2D eigenvalue weighted by atomic mass is 19.1. The number of benzene rings is 1. The lowest BCUT2D eigenvalue weighted by atomic mass is 10.2. The summed E-state index contributed by atoms with van der Waals surface area (Å²) in [4.78, 5) is 17.0. The van der Waals surface area contributed by atoms with Crippen LogP contribution in [0.1, 0.15) is 28.7 Å². The molecule has 2 aromatic heterocycles. The molecular formula is C17H15F2N3O. The molecule has 0 saturated heterocycles. The van der Waals surface area contributed by atoms with Crippen LogP contribution < -0.4 is 5.32 Å². The molecule has 23 heavy (non-hydrogen) atoms. The molecule has 0 spiro atoms. The predicted molar refractivity (Wildman–Crippen MR) is 83.6 cm³/mol. The van der Waals surface area contributed by atoms with Crippen LogP contribution >= 0.6 is 0 Å². The number of anilines is 1. The van der Waals surface area contributed by atoms with Crippen molar-refractivity contribution in [3.8, 4) is 0 Å². The number of hydrogen-bond acceptors (Lipinski definition) is 2. The monoisotopic (exact) mass is 315 g/mol. The van der Waals surface area contributed by atoms with Crippen molar-refractivity contribution >= 4 is 17.2 Å². The molecule has 0 aliphatic heterocycles. The van der Waals surface area contributed by atoms with E-state index in [0.29, 0.717) is 23.5 Å². The molecule has 3 aromatic rings. The van der Waals surface area contributed by atoms with E-state index in [1.165, 1.54) is 6.07 Å². The van der Waals surface area contributed by atoms with Gasteiger partial charge in [0.1, 0.15) is 23.0 Å². The van der Waals surface area contributed by atoms with E-state index in [9.17, 15) is 13.6 Å². The highest BCUT2D eigenvalue weighted by molar-refractivity contribution is 6.04. The van der Waals surface area contributed by atoms with Gasteiger partial charge in [0.15, 0.2) is 0 Å². The van der Waals surface area contributed by atoms with E-state index >= 15 is 0 Å². The highest BCUT2D eigenvalue weighted by Crippen LogP contribution is 2.19. The average Bonchev–Trinajstić information content (AvgIpc) is 2.87. The maximum Gasteiger partial charge on any atom is 0.274 e. The third-order valence-corrected chi connectivity index (χ3v) is 3.57. The van der Waals surface area contributed by atoms with Gasteiger partial charge in [-0.05, 0) is 37.1 Å². The summed E-state index contributed by atoms with van der Waals surface area (Å²) in [6.07, 6.45) is 2.37. The molecule has 4 nitrogen and oxygen atoms in total. The molecule has 3 rings (SSSR count). The number of imidazole rings is 1. The third-order valence-electron chi connectivity index (χ3n) is 3.57. The van der Waals surface area contributed by atoms with Crippen molar-refractivity contribution < 1.29 is 13.6 Å². The zero-order chi connectivity index (χ0) is 16.6. The number of amides is 1. The minimum Gasteiger partial charge on any atom is -0.318 e. The topological polar surface area (TPSA) is 46.4 Å². The molecule has 0 aliphatic rings. The van der Waals surface area contributed by atoms with Gasteiger partial charge in [-0.25, -0.2) is 13.8 Å². The summed E-state index contributed by atoms with van der Waals surface area (Å²) in [6.45, 7) is 3.80. The minimum absolute atomic E-state index is 0.0685. The van der Waals surface area contributed by atoms with Crippen LogP contribution in [0.5, 0.6) is 0 Å². The molecule has 1 amide bonds. The standard InChI is InChI=1S/C17H15F2N3O/c1-3-13-16(22-9-10(2)4-7-15(22)20-13)17(23)21-14-6-5-11(18)8-12(14)19/h4-9H,3H2,1-2H3,(H,21,23). The van der Waals surface area contributed by atoms with E-state index in [1.54, 1.807) is 10.6 Å². The smallest absolute Gasteiger partial charge is 0.274 e. The molecule has 0 radical (unpaired) electrons. The van der Waals surface area contributed by atoms with Crippen molar-refractivity contribution in [3.63, 3.8) is 0 Å². The first-order chi connectivity index (χ1) is 11.0. The molecule has 0 saturated carbocycles. The van der Waals surface area contributed by atoms with Crippen LogP contribution in [0, 0.1) is 18.6 Å². The number of fused-ring (bicyclic) bond motifs is 1. The molecule has 1 N–H and O–H groups in total. The van der Waals surface area contributed by atoms with Crippen LogP contribution in [0.15, 0.2) is 36.5 Å². The molecule has 118 valence electrons. The average molecular weight is 315 g/mol. The van der Waals surface area contributed by atoms with Gasteiger partial charge in [-0.1, -0.05) is 13.0 Å². The number of aromatic nitrogens is 2. The Hall–Kier alpha value is -2.76. The maximum absolute atomic E-state index is 13.7. The fourth-order valence-electron chi connectivity index (χ4n) is 2.46. The maximum atomic E-state index is 13.7. The van der Waals surface area contributed by atoms with E-state index < -0.39 is 17.5 Å². The molecule has 0 atom stereocenters. The Morgan fingerprint density at radius 2 is 2.04 bits per heavy atom. The fourth-order valence-corrected chi connectivity index (χ4v) is 2.46. The van der Waals surface area contributed by atoms with E-state index in [1.807, 2.05) is 26.0 Å². The van der Waals surface area contributed by atoms with E-state index in [2.05, 4.69) is 10.3 Å². The Bertz CT molecular complexity index is 902. The number of halogens is 2. The Morgan fingerprint density at radius 1 is 1.26 bits per heavy atom. The van der Waals surface area contributed by atoms with E-state index in [4.69, 9.17) is 0 Å². The molecular weight excluding hydrogens is 300 g/mol. The summed E-state index contributed by atoms with van der Waals surface area (Å²) in [5.74, 6) is -1.99. The first kappa shape index (κ1) is 15.1. The Balaban J connectivity index is 2.04. The van der Waals surface area contributed by atoms with Gasteiger partial charge in [0.05, 0.1) is 11.4 Å². The first-order valence-corrected chi connectivity index (χ1v) is 7.23. The number of rotatable bonds is 3. The highest BCUT2D eigenvalue weighted by Gasteiger charge is 2.19. The third kappa shape index (κ3) is 2.79. The Labute approximate surface area is 131 Å². The first-order valence-electron chi connectivity index (χ1n) is 7.23. The minimum atomic E-state index is -0.818. The van der Waals surface area contributed by atoms with Gasteiger partial charge in [-0.3, -0.25) is 9.20 Å². The fraction of sp³-hybridized carbons (Fsp3) is 0.176. The lowest BCUT2D eigenvalue weighted by Crippen LogP contribution is -2.17. The van der Waals surface area contributed by atoms with Gasteiger partial charge in [0.25, 0.3) is 5.91 Å². The normalized spacial score (nSPS) is 11.0. The summed E-state index contributed by atoms with van der Waals surface area (Å²) in [6, 6.07) is 6.75. The van der Waals surface area contributed by atoms with Crippen LogP contribution in [-0.2, 0) is 6.42 Å². The molecule has 0 aliphatic carbocycles. The van der Waals surface area contributed by atoms with Crippen molar-refractivity contribution in [1.82, 2.24) is 9.38 Å². The van der Waals surface area contributed by atoms with E-state index in [0.717, 1.165) is 17.7 Å². The number of nitrogens with zero attached hydrogens (tertiary/aromatic N) is 2. The number of carbonyl (C=O) groups is 1. The van der Waals surface area contributed by atoms with Gasteiger partial charge < -0.3 is 5.32 Å². The predicted octanol–water partition coefficient (Wildman–Crippen LogP) is 3.74. The largest absolute Gasteiger partial charge is 0.318 e. The molecule has 0 fully saturated rings. The van der Waals surface area contributed by atoms with Crippen LogP contribution in [0.4, 0.5) is 14.5 Å². The second-order valence-electron chi connectivity index (χ2n) is 5.27. The number of pyridine rings is 1. The van der Waals surface area contributed by atoms with Gasteiger partial charge >= 0.3 is 0 Å². The zero-order valence-corrected chi connectivity index (χ0v) is 12.7. The second kappa shape index (κ2) is 5.79. The molecule has 1 aromatic carbocycles. The SMILES string of the molecule is CCc1nc2ccc(C)cn2c1C(=O)Nc1ccc(F)cc1F. The summed E-state index contributed by atoms with van der Waals surface area (Å²) in [7, 11) is 0. The van der Waals surface area contributed by atoms with Gasteiger partial charge in [0.2, 0.25) is 0 Å². The van der Waals surface area contributed by atoms with E-state index in [-0.39, 0.29) is 5.69 Å². The van der Waals surface area contributed by atoms with Crippen molar-refractivity contribution in [1.29, 1.82) is 0 Å². The summed E-state index contributed by atoms with van der Waals surface area (Å²) >= 11 is 0. The van der Waals surface area contributed by atoms with Crippen molar-refractivity contribution in [2.75, 3.05) is 5.32 Å². The number of nitrogens with one attached hydrogen (secondary N) is 1. The van der Waals surface area contributed by atoms with Gasteiger partial charge in [0, 0.05) is 12.3 Å². The molecule has 2 heterocycles. The van der Waals surface area contributed by atoms with Crippen LogP contribution in [0.2, 0.25) is 0 Å². The van der Waals surface area contributed by atoms with Crippen LogP contribution in [-0.4, -0.2) is 15.3 Å². The Kier molecular flexibility index (Phi) is 3.82. The number of aryl methyl sites for hydroxylation is 2. The summed E-state index contributed by atoms with van der Waals surface area (Å²) < 4.78 is 28.4. The number of carbonyl (C=O) groups excluding carboxylic acids is 1. The molecule has 0 bridgehead atoms. The quantitative estimate of drug-likeness (QED) is 0.800. The van der Waals surface area contributed by atoms with Gasteiger partial charge in [-0.2, -0.15) is 0 Å². The van der Waals surface area contributed by atoms with Crippen molar-refractivity contribution in [2.45, 2.75) is 20.3 Å².